The molecule has 20 heavy (non-hydrogen) atoms. The molecule has 0 amide bonds. The Labute approximate surface area is 122 Å². The number of ether oxygens (including phenoxy) is 1. The second kappa shape index (κ2) is 8.75. The van der Waals surface area contributed by atoms with E-state index in [1.807, 2.05) is 24.3 Å². The summed E-state index contributed by atoms with van der Waals surface area (Å²) >= 11 is 0. The van der Waals surface area contributed by atoms with Gasteiger partial charge in [-0.05, 0) is 44.0 Å². The first-order chi connectivity index (χ1) is 9.62. The van der Waals surface area contributed by atoms with E-state index in [0.29, 0.717) is 11.6 Å². The van der Waals surface area contributed by atoms with Crippen LogP contribution < -0.4 is 0 Å². The predicted molar refractivity (Wildman–Crippen MR) is 82.9 cm³/mol. The Bertz CT molecular complexity index is 400. The SMILES string of the molecule is CCCCN(Cc1ccc(C(=O)OC)cc1)C(C)CC. The lowest BCUT2D eigenvalue weighted by Gasteiger charge is -2.28. The molecule has 1 unspecified atom stereocenters. The molecule has 0 aromatic heterocycles. The Morgan fingerprint density at radius 1 is 1.25 bits per heavy atom. The van der Waals surface area contributed by atoms with Gasteiger partial charge in [-0.1, -0.05) is 32.4 Å². The maximum Gasteiger partial charge on any atom is 0.337 e. The highest BCUT2D eigenvalue weighted by atomic mass is 16.5. The molecule has 1 atom stereocenters. The summed E-state index contributed by atoms with van der Waals surface area (Å²) < 4.78 is 4.72. The maximum atomic E-state index is 11.4. The Balaban J connectivity index is 2.70. The van der Waals surface area contributed by atoms with Gasteiger partial charge in [0.15, 0.2) is 0 Å². The minimum Gasteiger partial charge on any atom is -0.465 e. The molecule has 0 heterocycles. The average Bonchev–Trinajstić information content (AvgIpc) is 2.50. The van der Waals surface area contributed by atoms with Crippen LogP contribution in [0.15, 0.2) is 24.3 Å². The zero-order valence-electron chi connectivity index (χ0n) is 13.2. The lowest BCUT2D eigenvalue weighted by Crippen LogP contribution is -2.33. The number of unbranched alkanes of at least 4 members (excludes halogenated alkanes) is 1. The Hall–Kier alpha value is -1.35. The highest BCUT2D eigenvalue weighted by molar-refractivity contribution is 5.89. The second-order valence-electron chi connectivity index (χ2n) is 5.27. The van der Waals surface area contributed by atoms with E-state index in [0.717, 1.165) is 19.5 Å². The van der Waals surface area contributed by atoms with Crippen molar-refractivity contribution in [2.24, 2.45) is 0 Å². The second-order valence-corrected chi connectivity index (χ2v) is 5.27. The predicted octanol–water partition coefficient (Wildman–Crippen LogP) is 3.87. The van der Waals surface area contributed by atoms with Crippen molar-refractivity contribution in [3.63, 3.8) is 0 Å². The summed E-state index contributed by atoms with van der Waals surface area (Å²) in [5, 5.41) is 0. The van der Waals surface area contributed by atoms with Crippen LogP contribution in [-0.4, -0.2) is 30.6 Å². The molecule has 0 N–H and O–H groups in total. The number of nitrogens with zero attached hydrogens (tertiary/aromatic N) is 1. The Kier molecular flexibility index (Phi) is 7.31. The molecule has 0 spiro atoms. The molecule has 0 fully saturated rings. The Morgan fingerprint density at radius 3 is 2.40 bits per heavy atom. The van der Waals surface area contributed by atoms with Crippen LogP contribution in [0, 0.1) is 0 Å². The number of esters is 1. The van der Waals surface area contributed by atoms with E-state index in [4.69, 9.17) is 4.74 Å². The number of hydrogen-bond acceptors (Lipinski definition) is 3. The van der Waals surface area contributed by atoms with Crippen LogP contribution in [-0.2, 0) is 11.3 Å². The van der Waals surface area contributed by atoms with Gasteiger partial charge in [0.05, 0.1) is 12.7 Å². The quantitative estimate of drug-likeness (QED) is 0.675. The Morgan fingerprint density at radius 2 is 1.90 bits per heavy atom. The third kappa shape index (κ3) is 4.97. The molecule has 0 aliphatic rings. The fraction of sp³-hybridized carbons (Fsp3) is 0.588. The van der Waals surface area contributed by atoms with Crippen molar-refractivity contribution in [1.29, 1.82) is 0 Å². The summed E-state index contributed by atoms with van der Waals surface area (Å²) in [6.45, 7) is 8.79. The van der Waals surface area contributed by atoms with Crippen molar-refractivity contribution in [2.45, 2.75) is 52.6 Å². The van der Waals surface area contributed by atoms with E-state index in [-0.39, 0.29) is 5.97 Å². The summed E-state index contributed by atoms with van der Waals surface area (Å²) in [5.74, 6) is -0.277. The molecule has 0 saturated heterocycles. The first kappa shape index (κ1) is 16.7. The smallest absolute Gasteiger partial charge is 0.337 e. The zero-order chi connectivity index (χ0) is 15.0. The van der Waals surface area contributed by atoms with Crippen LogP contribution in [0.25, 0.3) is 0 Å². The molecule has 0 aliphatic heterocycles. The largest absolute Gasteiger partial charge is 0.465 e. The van der Waals surface area contributed by atoms with Crippen LogP contribution in [0.1, 0.15) is 56.0 Å². The summed E-state index contributed by atoms with van der Waals surface area (Å²) in [5.41, 5.74) is 1.86. The topological polar surface area (TPSA) is 29.5 Å². The van der Waals surface area contributed by atoms with Crippen LogP contribution in [0.2, 0.25) is 0 Å². The molecule has 1 rings (SSSR count). The van der Waals surface area contributed by atoms with Crippen molar-refractivity contribution < 1.29 is 9.53 Å². The van der Waals surface area contributed by atoms with E-state index < -0.39 is 0 Å². The van der Waals surface area contributed by atoms with Crippen LogP contribution >= 0.6 is 0 Å². The van der Waals surface area contributed by atoms with Gasteiger partial charge in [-0.3, -0.25) is 4.90 Å². The minimum atomic E-state index is -0.277. The molecular formula is C17H27NO2. The fourth-order valence-electron chi connectivity index (χ4n) is 2.17. The molecular weight excluding hydrogens is 250 g/mol. The highest BCUT2D eigenvalue weighted by Gasteiger charge is 2.12. The number of hydrogen-bond donors (Lipinski definition) is 0. The standard InChI is InChI=1S/C17H27NO2/c1-5-7-12-18(14(3)6-2)13-15-8-10-16(11-9-15)17(19)20-4/h8-11,14H,5-7,12-13H2,1-4H3. The van der Waals surface area contributed by atoms with Gasteiger partial charge >= 0.3 is 5.97 Å². The first-order valence-electron chi connectivity index (χ1n) is 7.53. The maximum absolute atomic E-state index is 11.4. The molecule has 0 bridgehead atoms. The van der Waals surface area contributed by atoms with Gasteiger partial charge in [-0.2, -0.15) is 0 Å². The molecule has 0 radical (unpaired) electrons. The van der Waals surface area contributed by atoms with E-state index >= 15 is 0 Å². The van der Waals surface area contributed by atoms with Gasteiger partial charge in [0, 0.05) is 12.6 Å². The number of carbonyl (C=O) groups is 1. The summed E-state index contributed by atoms with van der Waals surface area (Å²) in [6.07, 6.45) is 3.60. The van der Waals surface area contributed by atoms with E-state index in [2.05, 4.69) is 25.7 Å². The van der Waals surface area contributed by atoms with Crippen molar-refractivity contribution >= 4 is 5.97 Å². The van der Waals surface area contributed by atoms with Gasteiger partial charge in [0.25, 0.3) is 0 Å². The lowest BCUT2D eigenvalue weighted by molar-refractivity contribution is 0.0600. The van der Waals surface area contributed by atoms with Gasteiger partial charge < -0.3 is 4.74 Å². The van der Waals surface area contributed by atoms with Crippen LogP contribution in [0.3, 0.4) is 0 Å². The summed E-state index contributed by atoms with van der Waals surface area (Å²) in [4.78, 5) is 13.9. The van der Waals surface area contributed by atoms with E-state index in [9.17, 15) is 4.79 Å². The lowest BCUT2D eigenvalue weighted by atomic mass is 10.1. The fourth-order valence-corrected chi connectivity index (χ4v) is 2.17. The number of rotatable bonds is 8. The summed E-state index contributed by atoms with van der Waals surface area (Å²) in [6, 6.07) is 8.31. The third-order valence-electron chi connectivity index (χ3n) is 3.77. The summed E-state index contributed by atoms with van der Waals surface area (Å²) in [7, 11) is 1.41. The number of carbonyl (C=O) groups excluding carboxylic acids is 1. The zero-order valence-corrected chi connectivity index (χ0v) is 13.2. The van der Waals surface area contributed by atoms with Gasteiger partial charge in [-0.15, -0.1) is 0 Å². The molecule has 0 aliphatic carbocycles. The van der Waals surface area contributed by atoms with Crippen LogP contribution in [0.4, 0.5) is 0 Å². The molecule has 112 valence electrons. The van der Waals surface area contributed by atoms with Crippen LogP contribution in [0.5, 0.6) is 0 Å². The van der Waals surface area contributed by atoms with Crippen molar-refractivity contribution in [1.82, 2.24) is 4.90 Å². The molecule has 3 heteroatoms. The minimum absolute atomic E-state index is 0.277. The molecule has 1 aromatic carbocycles. The van der Waals surface area contributed by atoms with E-state index in [1.54, 1.807) is 0 Å². The first-order valence-corrected chi connectivity index (χ1v) is 7.53. The van der Waals surface area contributed by atoms with Gasteiger partial charge in [-0.25, -0.2) is 4.79 Å². The van der Waals surface area contributed by atoms with Crippen molar-refractivity contribution in [3.8, 4) is 0 Å². The van der Waals surface area contributed by atoms with Gasteiger partial charge in [0.1, 0.15) is 0 Å². The number of methoxy groups -OCH3 is 1. The van der Waals surface area contributed by atoms with Crippen molar-refractivity contribution in [3.05, 3.63) is 35.4 Å². The molecule has 0 saturated carbocycles. The van der Waals surface area contributed by atoms with E-state index in [1.165, 1.54) is 25.5 Å². The third-order valence-corrected chi connectivity index (χ3v) is 3.77. The van der Waals surface area contributed by atoms with Crippen molar-refractivity contribution in [2.75, 3.05) is 13.7 Å². The molecule has 1 aromatic rings. The van der Waals surface area contributed by atoms with Gasteiger partial charge in [0.2, 0.25) is 0 Å². The normalized spacial score (nSPS) is 12.4. The average molecular weight is 277 g/mol. The molecule has 3 nitrogen and oxygen atoms in total. The highest BCUT2D eigenvalue weighted by Crippen LogP contribution is 2.13. The monoisotopic (exact) mass is 277 g/mol. The number of benzene rings is 1.